The van der Waals surface area contributed by atoms with Crippen LogP contribution in [-0.2, 0) is 0 Å². The zero-order valence-corrected chi connectivity index (χ0v) is 15.1. The molecule has 26 heavy (non-hydrogen) atoms. The number of anilines is 1. The fraction of sp³-hybridized carbons (Fsp3) is 0.444. The lowest BCUT2D eigenvalue weighted by Gasteiger charge is -2.46. The molecular formula is C18H23N7O. The second-order valence-corrected chi connectivity index (χ2v) is 6.95. The van der Waals surface area contributed by atoms with Crippen molar-refractivity contribution < 1.29 is 4.42 Å². The van der Waals surface area contributed by atoms with Crippen LogP contribution in [0.15, 0.2) is 32.6 Å². The van der Waals surface area contributed by atoms with Crippen molar-refractivity contribution in [2.45, 2.75) is 51.6 Å². The van der Waals surface area contributed by atoms with Crippen LogP contribution in [0.5, 0.6) is 0 Å². The fourth-order valence-electron chi connectivity index (χ4n) is 3.87. The highest BCUT2D eigenvalue weighted by Crippen LogP contribution is 2.41. The van der Waals surface area contributed by atoms with Crippen LogP contribution in [0.25, 0.3) is 11.5 Å². The lowest BCUT2D eigenvalue weighted by atomic mass is 9.87. The van der Waals surface area contributed by atoms with Crippen LogP contribution in [0.2, 0.25) is 0 Å². The van der Waals surface area contributed by atoms with Crippen LogP contribution in [0.3, 0.4) is 0 Å². The summed E-state index contributed by atoms with van der Waals surface area (Å²) in [5, 5.41) is 8.04. The van der Waals surface area contributed by atoms with Crippen molar-refractivity contribution >= 4 is 17.6 Å². The molecule has 2 heterocycles. The van der Waals surface area contributed by atoms with Crippen molar-refractivity contribution in [1.82, 2.24) is 10.2 Å². The molecule has 0 radical (unpaired) electrons. The fourth-order valence-corrected chi connectivity index (χ4v) is 3.87. The summed E-state index contributed by atoms with van der Waals surface area (Å²) >= 11 is 0. The van der Waals surface area contributed by atoms with E-state index in [-0.39, 0.29) is 5.96 Å². The van der Waals surface area contributed by atoms with Crippen LogP contribution in [0.4, 0.5) is 5.69 Å². The molecule has 0 bridgehead atoms. The summed E-state index contributed by atoms with van der Waals surface area (Å²) < 4.78 is 5.58. The van der Waals surface area contributed by atoms with E-state index in [1.54, 1.807) is 6.92 Å². The second-order valence-electron chi connectivity index (χ2n) is 6.95. The van der Waals surface area contributed by atoms with Crippen molar-refractivity contribution in [3.63, 3.8) is 0 Å². The van der Waals surface area contributed by atoms with Gasteiger partial charge in [-0.15, -0.1) is 10.2 Å². The average molecular weight is 353 g/mol. The highest BCUT2D eigenvalue weighted by Gasteiger charge is 2.43. The Labute approximate surface area is 152 Å². The monoisotopic (exact) mass is 353 g/mol. The number of aliphatic imine (C=N–C) groups is 2. The molecule has 2 aromatic rings. The van der Waals surface area contributed by atoms with E-state index in [1.165, 1.54) is 6.42 Å². The number of guanidine groups is 2. The molecular weight excluding hydrogens is 330 g/mol. The van der Waals surface area contributed by atoms with Gasteiger partial charge in [-0.2, -0.15) is 4.99 Å². The molecule has 1 fully saturated rings. The largest absolute Gasteiger partial charge is 0.421 e. The number of aromatic nitrogens is 2. The standard InChI is InChI=1S/C18H23N7O/c1-11-6-7-13(15-24-23-12(2)26-15)10-14(11)25-17(20)21-16(19)22-18(25)8-4-3-5-9-18/h6-7,10H,3-5,8-9H2,1-2H3,(H4,19,20,21,22). The number of benzene rings is 1. The van der Waals surface area contributed by atoms with Crippen LogP contribution in [0, 0.1) is 13.8 Å². The Morgan fingerprint density at radius 3 is 2.54 bits per heavy atom. The molecule has 0 amide bonds. The lowest BCUT2D eigenvalue weighted by Crippen LogP contribution is -2.58. The van der Waals surface area contributed by atoms with Gasteiger partial charge in [0.25, 0.3) is 0 Å². The van der Waals surface area contributed by atoms with Crippen molar-refractivity contribution in [3.05, 3.63) is 29.7 Å². The van der Waals surface area contributed by atoms with Gasteiger partial charge in [0.2, 0.25) is 23.7 Å². The zero-order chi connectivity index (χ0) is 18.3. The van der Waals surface area contributed by atoms with Gasteiger partial charge in [0.15, 0.2) is 0 Å². The van der Waals surface area contributed by atoms with E-state index >= 15 is 0 Å². The first-order valence-electron chi connectivity index (χ1n) is 8.89. The van der Waals surface area contributed by atoms with E-state index in [2.05, 4.69) is 15.2 Å². The maximum absolute atomic E-state index is 6.33. The molecule has 1 aliphatic carbocycles. The minimum Gasteiger partial charge on any atom is -0.421 e. The summed E-state index contributed by atoms with van der Waals surface area (Å²) in [6.45, 7) is 3.82. The first-order valence-corrected chi connectivity index (χ1v) is 8.89. The highest BCUT2D eigenvalue weighted by molar-refractivity contribution is 6.06. The number of hydrogen-bond donors (Lipinski definition) is 2. The van der Waals surface area contributed by atoms with Gasteiger partial charge >= 0.3 is 0 Å². The predicted octanol–water partition coefficient (Wildman–Crippen LogP) is 2.46. The Balaban J connectivity index is 1.83. The first kappa shape index (κ1) is 16.6. The Hall–Kier alpha value is -2.90. The smallest absolute Gasteiger partial charge is 0.247 e. The normalized spacial score (nSPS) is 19.4. The molecule has 0 saturated heterocycles. The van der Waals surface area contributed by atoms with E-state index < -0.39 is 5.66 Å². The molecule has 2 aliphatic rings. The SMILES string of the molecule is Cc1nnc(-c2ccc(C)c(N3C(N)=NC(N)=NC34CCCCC4)c2)o1. The number of aryl methyl sites for hydroxylation is 2. The summed E-state index contributed by atoms with van der Waals surface area (Å²) in [7, 11) is 0. The Kier molecular flexibility index (Phi) is 3.90. The number of hydrogen-bond acceptors (Lipinski definition) is 8. The maximum atomic E-state index is 6.33. The summed E-state index contributed by atoms with van der Waals surface area (Å²) in [5.41, 5.74) is 14.7. The van der Waals surface area contributed by atoms with Crippen LogP contribution >= 0.6 is 0 Å². The Bertz CT molecular complexity index is 893. The molecule has 0 atom stereocenters. The third-order valence-corrected chi connectivity index (χ3v) is 5.07. The minimum absolute atomic E-state index is 0.252. The number of rotatable bonds is 2. The molecule has 1 aromatic heterocycles. The van der Waals surface area contributed by atoms with Gasteiger partial charge in [0, 0.05) is 18.2 Å². The average Bonchev–Trinajstić information content (AvgIpc) is 3.03. The molecule has 1 aromatic carbocycles. The van der Waals surface area contributed by atoms with Gasteiger partial charge < -0.3 is 15.9 Å². The van der Waals surface area contributed by atoms with Gasteiger partial charge in [-0.3, -0.25) is 4.90 Å². The van der Waals surface area contributed by atoms with Gasteiger partial charge in [-0.25, -0.2) is 4.99 Å². The molecule has 4 N–H and O–H groups in total. The van der Waals surface area contributed by atoms with Crippen LogP contribution < -0.4 is 16.4 Å². The zero-order valence-electron chi connectivity index (χ0n) is 15.1. The van der Waals surface area contributed by atoms with Crippen LogP contribution in [0.1, 0.15) is 43.6 Å². The molecule has 0 unspecified atom stereocenters. The number of nitrogens with two attached hydrogens (primary N) is 2. The molecule has 8 heteroatoms. The van der Waals surface area contributed by atoms with Crippen molar-refractivity contribution in [1.29, 1.82) is 0 Å². The highest BCUT2D eigenvalue weighted by atomic mass is 16.4. The predicted molar refractivity (Wildman–Crippen MR) is 101 cm³/mol. The van der Waals surface area contributed by atoms with Gasteiger partial charge in [0.05, 0.1) is 0 Å². The summed E-state index contributed by atoms with van der Waals surface area (Å²) in [6.07, 6.45) is 5.16. The van der Waals surface area contributed by atoms with Crippen molar-refractivity contribution in [2.24, 2.45) is 21.5 Å². The van der Waals surface area contributed by atoms with Crippen molar-refractivity contribution in [3.8, 4) is 11.5 Å². The molecule has 1 saturated carbocycles. The van der Waals surface area contributed by atoms with E-state index in [0.717, 1.165) is 42.5 Å². The Morgan fingerprint density at radius 2 is 1.85 bits per heavy atom. The topological polar surface area (TPSA) is 119 Å². The summed E-state index contributed by atoms with van der Waals surface area (Å²) in [4.78, 5) is 11.0. The summed E-state index contributed by atoms with van der Waals surface area (Å²) in [5.74, 6) is 1.64. The van der Waals surface area contributed by atoms with Crippen molar-refractivity contribution in [2.75, 3.05) is 4.90 Å². The molecule has 4 rings (SSSR count). The Morgan fingerprint density at radius 1 is 1.08 bits per heavy atom. The quantitative estimate of drug-likeness (QED) is 0.856. The number of nitrogens with zero attached hydrogens (tertiary/aromatic N) is 5. The minimum atomic E-state index is -0.470. The third-order valence-electron chi connectivity index (χ3n) is 5.07. The molecule has 136 valence electrons. The molecule has 1 spiro atoms. The third kappa shape index (κ3) is 2.71. The molecule has 1 aliphatic heterocycles. The second kappa shape index (κ2) is 6.12. The summed E-state index contributed by atoms with van der Waals surface area (Å²) in [6, 6.07) is 6.00. The molecule has 8 nitrogen and oxygen atoms in total. The lowest BCUT2D eigenvalue weighted by molar-refractivity contribution is 0.305. The first-order chi connectivity index (χ1) is 12.5. The van der Waals surface area contributed by atoms with E-state index in [0.29, 0.717) is 17.7 Å². The van der Waals surface area contributed by atoms with Crippen LogP contribution in [-0.4, -0.2) is 27.8 Å². The van der Waals surface area contributed by atoms with Gasteiger partial charge in [-0.1, -0.05) is 12.5 Å². The van der Waals surface area contributed by atoms with E-state index in [4.69, 9.17) is 20.9 Å². The maximum Gasteiger partial charge on any atom is 0.247 e. The van der Waals surface area contributed by atoms with Gasteiger partial charge in [-0.05, 0) is 50.3 Å². The van der Waals surface area contributed by atoms with E-state index in [1.807, 2.05) is 30.0 Å². The van der Waals surface area contributed by atoms with Gasteiger partial charge in [0.1, 0.15) is 5.66 Å². The van der Waals surface area contributed by atoms with E-state index in [9.17, 15) is 0 Å².